The molecule has 1 atom stereocenters. The lowest BCUT2D eigenvalue weighted by Crippen LogP contribution is -2.52. The molecule has 0 aliphatic carbocycles. The molecular formula is C27H31NO2. The van der Waals surface area contributed by atoms with Gasteiger partial charge in [0.2, 0.25) is 0 Å². The first-order chi connectivity index (χ1) is 14.7. The van der Waals surface area contributed by atoms with Crippen molar-refractivity contribution < 1.29 is 9.53 Å². The van der Waals surface area contributed by atoms with Gasteiger partial charge in [0.05, 0.1) is 6.61 Å². The van der Waals surface area contributed by atoms with Gasteiger partial charge in [-0.15, -0.1) is 0 Å². The first-order valence-electron chi connectivity index (χ1n) is 10.8. The molecule has 3 heteroatoms. The summed E-state index contributed by atoms with van der Waals surface area (Å²) in [5.41, 5.74) is 2.48. The topological polar surface area (TPSA) is 29.5 Å². The molecule has 3 aromatic rings. The normalized spacial score (nSPS) is 13.0. The van der Waals surface area contributed by atoms with Gasteiger partial charge >= 0.3 is 5.97 Å². The monoisotopic (exact) mass is 401 g/mol. The molecule has 0 spiro atoms. The SMILES string of the molecule is CCCC(C(=O)OCC)(c1ccccc1)N(Cc1ccccc1)Cc1ccccc1. The fraction of sp³-hybridized carbons (Fsp3) is 0.296. The second-order valence-corrected chi connectivity index (χ2v) is 7.52. The van der Waals surface area contributed by atoms with Gasteiger partial charge in [-0.25, -0.2) is 4.79 Å². The molecule has 1 unspecified atom stereocenters. The number of rotatable bonds is 10. The second kappa shape index (κ2) is 10.7. The first kappa shape index (κ1) is 21.8. The van der Waals surface area contributed by atoms with Crippen LogP contribution in [-0.2, 0) is 28.2 Å². The Morgan fingerprint density at radius 1 is 0.767 bits per heavy atom. The predicted molar refractivity (Wildman–Crippen MR) is 122 cm³/mol. The molecule has 156 valence electrons. The zero-order valence-corrected chi connectivity index (χ0v) is 18.0. The number of hydrogen-bond acceptors (Lipinski definition) is 3. The minimum absolute atomic E-state index is 0.176. The Morgan fingerprint density at radius 3 is 1.67 bits per heavy atom. The molecule has 30 heavy (non-hydrogen) atoms. The van der Waals surface area contributed by atoms with Gasteiger partial charge in [0.15, 0.2) is 0 Å². The maximum absolute atomic E-state index is 13.6. The van der Waals surface area contributed by atoms with Crippen molar-refractivity contribution in [3.8, 4) is 0 Å². The zero-order valence-electron chi connectivity index (χ0n) is 18.0. The van der Waals surface area contributed by atoms with E-state index in [4.69, 9.17) is 4.74 Å². The Hall–Kier alpha value is -2.91. The molecule has 0 aromatic heterocycles. The van der Waals surface area contributed by atoms with Crippen LogP contribution in [0.5, 0.6) is 0 Å². The fourth-order valence-corrected chi connectivity index (χ4v) is 4.09. The first-order valence-corrected chi connectivity index (χ1v) is 10.8. The van der Waals surface area contributed by atoms with Crippen molar-refractivity contribution in [3.05, 3.63) is 108 Å². The van der Waals surface area contributed by atoms with Crippen molar-refractivity contribution in [1.29, 1.82) is 0 Å². The Balaban J connectivity index is 2.14. The highest BCUT2D eigenvalue weighted by atomic mass is 16.5. The third kappa shape index (κ3) is 4.98. The molecule has 0 N–H and O–H groups in total. The Bertz CT molecular complexity index is 854. The molecule has 0 amide bonds. The summed E-state index contributed by atoms with van der Waals surface area (Å²) in [6.07, 6.45) is 1.56. The lowest BCUT2D eigenvalue weighted by molar-refractivity contribution is -0.161. The molecule has 0 heterocycles. The van der Waals surface area contributed by atoms with Crippen molar-refractivity contribution in [3.63, 3.8) is 0 Å². The van der Waals surface area contributed by atoms with Crippen molar-refractivity contribution >= 4 is 5.97 Å². The van der Waals surface area contributed by atoms with E-state index in [2.05, 4.69) is 48.2 Å². The van der Waals surface area contributed by atoms with Crippen LogP contribution in [-0.4, -0.2) is 17.5 Å². The maximum Gasteiger partial charge on any atom is 0.331 e. The van der Waals surface area contributed by atoms with Crippen LogP contribution < -0.4 is 0 Å². The zero-order chi connectivity index (χ0) is 21.2. The fourth-order valence-electron chi connectivity index (χ4n) is 4.09. The van der Waals surface area contributed by atoms with E-state index in [1.807, 2.05) is 61.5 Å². The van der Waals surface area contributed by atoms with Gasteiger partial charge in [-0.3, -0.25) is 4.90 Å². The van der Waals surface area contributed by atoms with Crippen LogP contribution in [0.25, 0.3) is 0 Å². The molecular weight excluding hydrogens is 370 g/mol. The molecule has 3 nitrogen and oxygen atoms in total. The number of carbonyl (C=O) groups is 1. The number of carbonyl (C=O) groups excluding carboxylic acids is 1. The van der Waals surface area contributed by atoms with Crippen LogP contribution in [0, 0.1) is 0 Å². The molecule has 3 rings (SSSR count). The average molecular weight is 402 g/mol. The summed E-state index contributed by atoms with van der Waals surface area (Å²) in [5, 5.41) is 0. The van der Waals surface area contributed by atoms with Gasteiger partial charge in [0, 0.05) is 13.1 Å². The van der Waals surface area contributed by atoms with E-state index < -0.39 is 5.54 Å². The summed E-state index contributed by atoms with van der Waals surface area (Å²) in [7, 11) is 0. The maximum atomic E-state index is 13.6. The van der Waals surface area contributed by atoms with E-state index in [1.54, 1.807) is 0 Å². The predicted octanol–water partition coefficient (Wildman–Crippen LogP) is 5.95. The molecule has 0 bridgehead atoms. The summed E-state index contributed by atoms with van der Waals surface area (Å²) in [6.45, 7) is 5.67. The van der Waals surface area contributed by atoms with Gasteiger partial charge in [-0.1, -0.05) is 104 Å². The number of benzene rings is 3. The molecule has 0 aliphatic heterocycles. The van der Waals surface area contributed by atoms with Crippen LogP contribution in [0.1, 0.15) is 43.4 Å². The van der Waals surface area contributed by atoms with Crippen LogP contribution in [0.2, 0.25) is 0 Å². The highest BCUT2D eigenvalue weighted by Gasteiger charge is 2.46. The second-order valence-electron chi connectivity index (χ2n) is 7.52. The molecule has 3 aromatic carbocycles. The van der Waals surface area contributed by atoms with Gasteiger partial charge in [0.25, 0.3) is 0 Å². The van der Waals surface area contributed by atoms with Crippen molar-refractivity contribution in [1.82, 2.24) is 4.90 Å². The van der Waals surface area contributed by atoms with E-state index in [1.165, 1.54) is 11.1 Å². The number of esters is 1. The van der Waals surface area contributed by atoms with Gasteiger partial charge in [-0.05, 0) is 30.0 Å². The molecule has 0 aliphatic rings. The average Bonchev–Trinajstić information content (AvgIpc) is 2.79. The van der Waals surface area contributed by atoms with E-state index in [9.17, 15) is 4.79 Å². The Kier molecular flexibility index (Phi) is 7.81. The minimum atomic E-state index is -0.850. The summed E-state index contributed by atoms with van der Waals surface area (Å²) in [4.78, 5) is 15.9. The van der Waals surface area contributed by atoms with Gasteiger partial charge in [-0.2, -0.15) is 0 Å². The standard InChI is InChI=1S/C27H31NO2/c1-3-20-27(26(29)30-4-2,25-18-12-7-13-19-25)28(21-23-14-8-5-9-15-23)22-24-16-10-6-11-17-24/h5-19H,3-4,20-22H2,1-2H3. The molecule has 0 saturated heterocycles. The molecule has 0 saturated carbocycles. The number of hydrogen-bond donors (Lipinski definition) is 0. The lowest BCUT2D eigenvalue weighted by Gasteiger charge is -2.42. The summed E-state index contributed by atoms with van der Waals surface area (Å²) in [5.74, 6) is -0.176. The lowest BCUT2D eigenvalue weighted by atomic mass is 9.82. The number of ether oxygens (including phenoxy) is 1. The van der Waals surface area contributed by atoms with Crippen LogP contribution in [0.15, 0.2) is 91.0 Å². The Labute approximate surface area is 180 Å². The third-order valence-corrected chi connectivity index (χ3v) is 5.45. The Morgan fingerprint density at radius 2 is 1.23 bits per heavy atom. The largest absolute Gasteiger partial charge is 0.464 e. The highest BCUT2D eigenvalue weighted by Crippen LogP contribution is 2.37. The van der Waals surface area contributed by atoms with E-state index in [0.29, 0.717) is 26.1 Å². The van der Waals surface area contributed by atoms with Gasteiger partial charge in [0.1, 0.15) is 5.54 Å². The minimum Gasteiger partial charge on any atom is -0.464 e. The summed E-state index contributed by atoms with van der Waals surface area (Å²) in [6, 6.07) is 30.8. The number of nitrogens with zero attached hydrogens (tertiary/aromatic N) is 1. The summed E-state index contributed by atoms with van der Waals surface area (Å²) < 4.78 is 5.69. The van der Waals surface area contributed by atoms with Crippen molar-refractivity contribution in [2.75, 3.05) is 6.61 Å². The van der Waals surface area contributed by atoms with Crippen molar-refractivity contribution in [2.24, 2.45) is 0 Å². The quantitative estimate of drug-likeness (QED) is 0.393. The molecule has 0 radical (unpaired) electrons. The van der Waals surface area contributed by atoms with E-state index >= 15 is 0 Å². The van der Waals surface area contributed by atoms with Crippen LogP contribution >= 0.6 is 0 Å². The highest BCUT2D eigenvalue weighted by molar-refractivity contribution is 5.82. The van der Waals surface area contributed by atoms with Crippen LogP contribution in [0.4, 0.5) is 0 Å². The third-order valence-electron chi connectivity index (χ3n) is 5.45. The molecule has 0 fully saturated rings. The van der Waals surface area contributed by atoms with Gasteiger partial charge < -0.3 is 4.74 Å². The summed E-state index contributed by atoms with van der Waals surface area (Å²) >= 11 is 0. The van der Waals surface area contributed by atoms with E-state index in [-0.39, 0.29) is 5.97 Å². The smallest absolute Gasteiger partial charge is 0.331 e. The van der Waals surface area contributed by atoms with E-state index in [0.717, 1.165) is 12.0 Å². The van der Waals surface area contributed by atoms with Crippen LogP contribution in [0.3, 0.4) is 0 Å². The van der Waals surface area contributed by atoms with Crippen molar-refractivity contribution in [2.45, 2.75) is 45.3 Å².